The number of unbranched alkanes of at least 4 members (excludes halogenated alkanes) is 1. The average Bonchev–Trinajstić information content (AvgIpc) is 2.15. The van der Waals surface area contributed by atoms with Crippen molar-refractivity contribution in [3.05, 3.63) is 0 Å². The molecular weight excluding hydrogens is 235 g/mol. The second-order valence-corrected chi connectivity index (χ2v) is 8.39. The first-order chi connectivity index (χ1) is 7.30. The van der Waals surface area contributed by atoms with Crippen molar-refractivity contribution in [2.75, 3.05) is 6.16 Å². The summed E-state index contributed by atoms with van der Waals surface area (Å²) >= 11 is 0. The Morgan fingerprint density at radius 2 is 1.50 bits per heavy atom. The molecule has 0 heterocycles. The van der Waals surface area contributed by atoms with Crippen molar-refractivity contribution in [2.45, 2.75) is 63.4 Å². The van der Waals surface area contributed by atoms with Crippen LogP contribution in [0.2, 0.25) is 0 Å². The van der Waals surface area contributed by atoms with Gasteiger partial charge in [0.25, 0.3) is 0 Å². The van der Waals surface area contributed by atoms with Gasteiger partial charge in [-0.05, 0) is 74.0 Å². The van der Waals surface area contributed by atoms with Crippen LogP contribution in [0.4, 0.5) is 0 Å². The van der Waals surface area contributed by atoms with Crippen LogP contribution in [-0.2, 0) is 0 Å². The predicted octanol–water partition coefficient (Wildman–Crippen LogP) is 4.86. The molecule has 0 nitrogen and oxygen atoms in total. The van der Waals surface area contributed by atoms with E-state index < -0.39 is 0 Å². The molecule has 0 aliphatic heterocycles. The van der Waals surface area contributed by atoms with Gasteiger partial charge in [0.15, 0.2) is 0 Å². The Morgan fingerprint density at radius 1 is 1.00 bits per heavy atom. The molecule has 1 unspecified atom stereocenters. The highest BCUT2D eigenvalue weighted by atomic mass is 35.5. The lowest BCUT2D eigenvalue weighted by Crippen LogP contribution is -2.48. The zero-order valence-corrected chi connectivity index (χ0v) is 12.3. The normalized spacial score (nSPS) is 45.2. The minimum Gasteiger partial charge on any atom is -0.147 e. The summed E-state index contributed by atoms with van der Waals surface area (Å²) in [5, 5.41) is 0.879. The second kappa shape index (κ2) is 5.15. The quantitative estimate of drug-likeness (QED) is 0.500. The first-order valence-electron chi connectivity index (χ1n) is 7.05. The zero-order chi connectivity index (χ0) is 10.3. The smallest absolute Gasteiger partial charge is 0.0114 e. The molecule has 0 N–H and O–H groups in total. The van der Waals surface area contributed by atoms with Crippen molar-refractivity contribution in [3.8, 4) is 0 Å². The Balaban J connectivity index is 0.000000963. The largest absolute Gasteiger partial charge is 0.147 e. The Labute approximate surface area is 109 Å². The van der Waals surface area contributed by atoms with Crippen LogP contribution >= 0.6 is 21.0 Å². The van der Waals surface area contributed by atoms with E-state index in [1.165, 1.54) is 21.4 Å². The van der Waals surface area contributed by atoms with Gasteiger partial charge in [0.2, 0.25) is 0 Å². The maximum absolute atomic E-state index is 2.34. The van der Waals surface area contributed by atoms with E-state index in [-0.39, 0.29) is 12.4 Å². The van der Waals surface area contributed by atoms with Gasteiger partial charge in [0, 0.05) is 0 Å². The number of rotatable bonds is 4. The molecule has 0 saturated heterocycles. The molecule has 0 aromatic heterocycles. The van der Waals surface area contributed by atoms with E-state index >= 15 is 0 Å². The van der Waals surface area contributed by atoms with Crippen molar-refractivity contribution >= 4 is 21.0 Å². The molecule has 0 amide bonds. The highest BCUT2D eigenvalue weighted by molar-refractivity contribution is 7.40. The summed E-state index contributed by atoms with van der Waals surface area (Å²) in [5.41, 5.74) is 0. The van der Waals surface area contributed by atoms with Crippen molar-refractivity contribution in [1.29, 1.82) is 0 Å². The van der Waals surface area contributed by atoms with Gasteiger partial charge in [-0.3, -0.25) is 0 Å². The second-order valence-electron chi connectivity index (χ2n) is 6.48. The van der Waals surface area contributed by atoms with Gasteiger partial charge in [0.1, 0.15) is 0 Å². The summed E-state index contributed by atoms with van der Waals surface area (Å²) in [4.78, 5) is 0. The third-order valence-corrected chi connectivity index (χ3v) is 7.03. The highest BCUT2D eigenvalue weighted by Crippen LogP contribution is 2.62. The monoisotopic (exact) mass is 260 g/mol. The van der Waals surface area contributed by atoms with Crippen LogP contribution in [0.25, 0.3) is 0 Å². The number of hydrogen-bond donors (Lipinski definition) is 0. The van der Waals surface area contributed by atoms with Crippen LogP contribution in [0.15, 0.2) is 0 Å². The van der Waals surface area contributed by atoms with Gasteiger partial charge >= 0.3 is 0 Å². The molecule has 0 radical (unpaired) electrons. The van der Waals surface area contributed by atoms with Gasteiger partial charge < -0.3 is 0 Å². The van der Waals surface area contributed by atoms with E-state index in [2.05, 4.69) is 6.92 Å². The van der Waals surface area contributed by atoms with E-state index in [1.807, 2.05) is 0 Å². The van der Waals surface area contributed by atoms with Gasteiger partial charge in [-0.15, -0.1) is 21.0 Å². The molecule has 0 aromatic carbocycles. The number of halogens is 1. The van der Waals surface area contributed by atoms with Crippen LogP contribution in [0.3, 0.4) is 0 Å². The maximum atomic E-state index is 2.34. The summed E-state index contributed by atoms with van der Waals surface area (Å²) in [6, 6.07) is 0. The van der Waals surface area contributed by atoms with Crippen LogP contribution in [0.5, 0.6) is 0 Å². The zero-order valence-electron chi connectivity index (χ0n) is 10.5. The molecule has 4 bridgehead atoms. The highest BCUT2D eigenvalue weighted by Gasteiger charge is 2.50. The van der Waals surface area contributed by atoms with Crippen LogP contribution in [-0.4, -0.2) is 11.3 Å². The Hall–Kier alpha value is 0.720. The Morgan fingerprint density at radius 3 is 1.94 bits per heavy atom. The van der Waals surface area contributed by atoms with Crippen molar-refractivity contribution in [1.82, 2.24) is 0 Å². The van der Waals surface area contributed by atoms with Gasteiger partial charge in [-0.1, -0.05) is 13.3 Å². The molecule has 4 aliphatic carbocycles. The fourth-order valence-electron chi connectivity index (χ4n) is 4.86. The molecule has 4 saturated carbocycles. The molecule has 4 rings (SSSR count). The first-order valence-corrected chi connectivity index (χ1v) is 8.25. The Bertz CT molecular complexity index is 204. The third kappa shape index (κ3) is 2.44. The van der Waals surface area contributed by atoms with Gasteiger partial charge in [-0.25, -0.2) is 0 Å². The fraction of sp³-hybridized carbons (Fsp3) is 1.00. The summed E-state index contributed by atoms with van der Waals surface area (Å²) < 4.78 is 0. The molecule has 0 spiro atoms. The van der Waals surface area contributed by atoms with Crippen LogP contribution < -0.4 is 0 Å². The van der Waals surface area contributed by atoms with E-state index in [1.54, 1.807) is 44.7 Å². The third-order valence-electron chi connectivity index (χ3n) is 5.07. The van der Waals surface area contributed by atoms with Crippen molar-refractivity contribution < 1.29 is 0 Å². The summed E-state index contributed by atoms with van der Waals surface area (Å²) in [6.07, 6.45) is 14.1. The average molecular weight is 261 g/mol. The Kier molecular flexibility index (Phi) is 4.23. The summed E-state index contributed by atoms with van der Waals surface area (Å²) in [5.74, 6) is 3.47. The minimum absolute atomic E-state index is 0. The lowest BCUT2D eigenvalue weighted by molar-refractivity contribution is 0.0367. The number of hydrogen-bond acceptors (Lipinski definition) is 0. The minimum atomic E-state index is 0. The summed E-state index contributed by atoms with van der Waals surface area (Å²) in [7, 11) is 1.31. The predicted molar refractivity (Wildman–Crippen MR) is 76.2 cm³/mol. The molecule has 2 heteroatoms. The molecule has 0 aromatic rings. The molecule has 94 valence electrons. The molecule has 4 aliphatic rings. The lowest BCUT2D eigenvalue weighted by atomic mass is 9.56. The lowest BCUT2D eigenvalue weighted by Gasteiger charge is -2.57. The SMILES string of the molecule is CCCCPC12CC3CC(CC(C3)C1)C2.Cl. The van der Waals surface area contributed by atoms with E-state index in [0.29, 0.717) is 0 Å². The standard InChI is InChI=1S/C14H25P.ClH/c1-2-3-4-15-14-8-11-5-12(9-14)7-13(6-11)10-14;/h11-13,15H,2-10H2,1H3;1H. The van der Waals surface area contributed by atoms with E-state index in [9.17, 15) is 0 Å². The molecule has 16 heavy (non-hydrogen) atoms. The van der Waals surface area contributed by atoms with Gasteiger partial charge in [-0.2, -0.15) is 0 Å². The maximum Gasteiger partial charge on any atom is -0.0114 e. The van der Waals surface area contributed by atoms with Crippen LogP contribution in [0, 0.1) is 17.8 Å². The molecular formula is C14H26ClP. The van der Waals surface area contributed by atoms with Crippen molar-refractivity contribution in [2.24, 2.45) is 17.8 Å². The summed E-state index contributed by atoms with van der Waals surface area (Å²) in [6.45, 7) is 2.34. The van der Waals surface area contributed by atoms with E-state index in [4.69, 9.17) is 0 Å². The molecule has 4 fully saturated rings. The first kappa shape index (κ1) is 13.2. The topological polar surface area (TPSA) is 0 Å². The van der Waals surface area contributed by atoms with E-state index in [0.717, 1.165) is 22.9 Å². The molecule has 1 atom stereocenters. The van der Waals surface area contributed by atoms with Gasteiger partial charge in [0.05, 0.1) is 0 Å². The van der Waals surface area contributed by atoms with Crippen molar-refractivity contribution in [3.63, 3.8) is 0 Å². The van der Waals surface area contributed by atoms with Crippen LogP contribution in [0.1, 0.15) is 58.3 Å². The fourth-order valence-corrected chi connectivity index (χ4v) is 7.22.